The van der Waals surface area contributed by atoms with Gasteiger partial charge in [0.1, 0.15) is 0 Å². The number of carbonyl (C=O) groups excluding carboxylic acids is 1. The van der Waals surface area contributed by atoms with Crippen molar-refractivity contribution in [1.29, 1.82) is 0 Å². The molecule has 1 amide bonds. The van der Waals surface area contributed by atoms with Gasteiger partial charge in [-0.25, -0.2) is 0 Å². The van der Waals surface area contributed by atoms with Gasteiger partial charge in [0.15, 0.2) is 0 Å². The highest BCUT2D eigenvalue weighted by Crippen LogP contribution is 2.30. The van der Waals surface area contributed by atoms with Gasteiger partial charge in [0, 0.05) is 23.3 Å². The van der Waals surface area contributed by atoms with Gasteiger partial charge >= 0.3 is 0 Å². The van der Waals surface area contributed by atoms with Gasteiger partial charge in [-0.3, -0.25) is 4.79 Å². The van der Waals surface area contributed by atoms with E-state index in [0.29, 0.717) is 17.1 Å². The average molecular weight is 315 g/mol. The molecule has 0 saturated carbocycles. The maximum atomic E-state index is 13.0. The van der Waals surface area contributed by atoms with E-state index in [9.17, 15) is 4.79 Å². The molecule has 114 valence electrons. The van der Waals surface area contributed by atoms with E-state index in [2.05, 4.69) is 31.3 Å². The standard InChI is InChI=1S/C18H19ClN2O/c1-12-11-21(13(2)14-6-4-3-5-7-14)18(22)16-10-15(19)8-9-17(16)20-12/h3-10,12-13,20H,11H2,1-2H3/t12-,13+/m0/s1. The van der Waals surface area contributed by atoms with Crippen LogP contribution in [0.2, 0.25) is 5.02 Å². The van der Waals surface area contributed by atoms with Gasteiger partial charge in [0.2, 0.25) is 0 Å². The van der Waals surface area contributed by atoms with Crippen LogP contribution < -0.4 is 5.32 Å². The molecule has 0 aliphatic carbocycles. The third-order valence-electron chi connectivity index (χ3n) is 4.09. The van der Waals surface area contributed by atoms with E-state index in [-0.39, 0.29) is 18.0 Å². The number of rotatable bonds is 2. The van der Waals surface area contributed by atoms with Crippen LogP contribution in [-0.4, -0.2) is 23.4 Å². The minimum Gasteiger partial charge on any atom is -0.380 e. The first kappa shape index (κ1) is 14.9. The Kier molecular flexibility index (Phi) is 4.08. The first-order valence-electron chi connectivity index (χ1n) is 7.48. The van der Waals surface area contributed by atoms with Gasteiger partial charge in [-0.1, -0.05) is 41.9 Å². The van der Waals surface area contributed by atoms with Crippen molar-refractivity contribution in [1.82, 2.24) is 4.90 Å². The molecule has 0 spiro atoms. The van der Waals surface area contributed by atoms with Crippen molar-refractivity contribution < 1.29 is 4.79 Å². The Morgan fingerprint density at radius 2 is 1.95 bits per heavy atom. The number of hydrogen-bond donors (Lipinski definition) is 1. The van der Waals surface area contributed by atoms with Crippen LogP contribution in [-0.2, 0) is 0 Å². The molecule has 0 aromatic heterocycles. The molecular weight excluding hydrogens is 296 g/mol. The highest BCUT2D eigenvalue weighted by atomic mass is 35.5. The van der Waals surface area contributed by atoms with E-state index in [1.807, 2.05) is 35.2 Å². The summed E-state index contributed by atoms with van der Waals surface area (Å²) in [4.78, 5) is 14.9. The molecule has 2 aromatic rings. The zero-order valence-corrected chi connectivity index (χ0v) is 13.5. The van der Waals surface area contributed by atoms with Crippen molar-refractivity contribution in [3.63, 3.8) is 0 Å². The summed E-state index contributed by atoms with van der Waals surface area (Å²) in [6, 6.07) is 15.7. The second-order valence-corrected chi connectivity index (χ2v) is 6.22. The van der Waals surface area contributed by atoms with Crippen molar-refractivity contribution in [3.8, 4) is 0 Å². The van der Waals surface area contributed by atoms with Crippen molar-refractivity contribution in [2.75, 3.05) is 11.9 Å². The fourth-order valence-electron chi connectivity index (χ4n) is 2.91. The van der Waals surface area contributed by atoms with E-state index < -0.39 is 0 Å². The second-order valence-electron chi connectivity index (χ2n) is 5.78. The topological polar surface area (TPSA) is 32.3 Å². The zero-order valence-electron chi connectivity index (χ0n) is 12.7. The minimum atomic E-state index is 0.0166. The molecule has 0 fully saturated rings. The lowest BCUT2D eigenvalue weighted by Crippen LogP contribution is -2.38. The van der Waals surface area contributed by atoms with Crippen LogP contribution in [0.5, 0.6) is 0 Å². The summed E-state index contributed by atoms with van der Waals surface area (Å²) in [6.07, 6.45) is 0. The normalized spacial score (nSPS) is 19.1. The Balaban J connectivity index is 2.00. The smallest absolute Gasteiger partial charge is 0.256 e. The summed E-state index contributed by atoms with van der Waals surface area (Å²) in [7, 11) is 0. The summed E-state index contributed by atoms with van der Waals surface area (Å²) >= 11 is 6.08. The number of fused-ring (bicyclic) bond motifs is 1. The lowest BCUT2D eigenvalue weighted by molar-refractivity contribution is 0.0692. The molecule has 0 radical (unpaired) electrons. The van der Waals surface area contributed by atoms with Crippen molar-refractivity contribution in [2.45, 2.75) is 25.9 Å². The van der Waals surface area contributed by atoms with Crippen LogP contribution in [0.4, 0.5) is 5.69 Å². The molecular formula is C18H19ClN2O. The van der Waals surface area contributed by atoms with Crippen LogP contribution in [0.3, 0.4) is 0 Å². The number of hydrogen-bond acceptors (Lipinski definition) is 2. The largest absolute Gasteiger partial charge is 0.380 e. The summed E-state index contributed by atoms with van der Waals surface area (Å²) in [5.74, 6) is 0.0192. The van der Waals surface area contributed by atoms with Gasteiger partial charge in [0.05, 0.1) is 11.6 Å². The summed E-state index contributed by atoms with van der Waals surface area (Å²) in [5, 5.41) is 3.97. The van der Waals surface area contributed by atoms with Crippen molar-refractivity contribution >= 4 is 23.2 Å². The average Bonchev–Trinajstić information content (AvgIpc) is 2.65. The third-order valence-corrected chi connectivity index (χ3v) is 4.33. The quantitative estimate of drug-likeness (QED) is 0.893. The molecule has 2 aromatic carbocycles. The van der Waals surface area contributed by atoms with E-state index >= 15 is 0 Å². The number of carbonyl (C=O) groups is 1. The van der Waals surface area contributed by atoms with Gasteiger partial charge in [-0.05, 0) is 37.6 Å². The predicted octanol–water partition coefficient (Wildman–Crippen LogP) is 4.36. The predicted molar refractivity (Wildman–Crippen MR) is 90.4 cm³/mol. The fraction of sp³-hybridized carbons (Fsp3) is 0.278. The molecule has 1 aliphatic rings. The van der Waals surface area contributed by atoms with Crippen molar-refractivity contribution in [2.24, 2.45) is 0 Å². The van der Waals surface area contributed by atoms with E-state index in [0.717, 1.165) is 11.3 Å². The van der Waals surface area contributed by atoms with E-state index in [4.69, 9.17) is 11.6 Å². The molecule has 2 atom stereocenters. The van der Waals surface area contributed by atoms with Gasteiger partial charge in [0.25, 0.3) is 5.91 Å². The molecule has 3 nitrogen and oxygen atoms in total. The number of anilines is 1. The Hall–Kier alpha value is -2.00. The number of nitrogens with one attached hydrogen (secondary N) is 1. The minimum absolute atomic E-state index is 0.0166. The molecule has 1 aliphatic heterocycles. The van der Waals surface area contributed by atoms with Gasteiger partial charge < -0.3 is 10.2 Å². The molecule has 1 N–H and O–H groups in total. The molecule has 1 heterocycles. The van der Waals surface area contributed by atoms with Gasteiger partial charge in [-0.2, -0.15) is 0 Å². The fourth-order valence-corrected chi connectivity index (χ4v) is 3.08. The summed E-state index contributed by atoms with van der Waals surface area (Å²) < 4.78 is 0. The Labute approximate surface area is 135 Å². The summed E-state index contributed by atoms with van der Waals surface area (Å²) in [5.41, 5.74) is 2.62. The third kappa shape index (κ3) is 2.81. The maximum Gasteiger partial charge on any atom is 0.256 e. The highest BCUT2D eigenvalue weighted by molar-refractivity contribution is 6.31. The maximum absolute atomic E-state index is 13.0. The molecule has 0 saturated heterocycles. The monoisotopic (exact) mass is 314 g/mol. The second kappa shape index (κ2) is 6.01. The number of halogens is 1. The highest BCUT2D eigenvalue weighted by Gasteiger charge is 2.29. The first-order chi connectivity index (χ1) is 10.6. The SMILES string of the molecule is C[C@H](c1ccccc1)N1C[C@H](C)Nc2ccc(Cl)cc2C1=O. The first-order valence-corrected chi connectivity index (χ1v) is 7.86. The van der Waals surface area contributed by atoms with Crippen LogP contribution in [0.15, 0.2) is 48.5 Å². The molecule has 3 rings (SSSR count). The Morgan fingerprint density at radius 3 is 2.68 bits per heavy atom. The Bertz CT molecular complexity index is 687. The van der Waals surface area contributed by atoms with E-state index in [1.54, 1.807) is 6.07 Å². The van der Waals surface area contributed by atoms with Crippen molar-refractivity contribution in [3.05, 3.63) is 64.7 Å². The lowest BCUT2D eigenvalue weighted by atomic mass is 10.1. The molecule has 0 unspecified atom stereocenters. The summed E-state index contributed by atoms with van der Waals surface area (Å²) in [6.45, 7) is 4.80. The lowest BCUT2D eigenvalue weighted by Gasteiger charge is -2.30. The molecule has 4 heteroatoms. The van der Waals surface area contributed by atoms with Gasteiger partial charge in [-0.15, -0.1) is 0 Å². The van der Waals surface area contributed by atoms with Crippen LogP contribution in [0, 0.1) is 0 Å². The number of benzene rings is 2. The molecule has 22 heavy (non-hydrogen) atoms. The van der Waals surface area contributed by atoms with Crippen LogP contribution in [0.1, 0.15) is 35.8 Å². The Morgan fingerprint density at radius 1 is 1.23 bits per heavy atom. The number of amides is 1. The number of nitrogens with zero attached hydrogens (tertiary/aromatic N) is 1. The van der Waals surface area contributed by atoms with Crippen LogP contribution in [0.25, 0.3) is 0 Å². The van der Waals surface area contributed by atoms with Crippen LogP contribution >= 0.6 is 11.6 Å². The molecule has 0 bridgehead atoms. The van der Waals surface area contributed by atoms with E-state index in [1.165, 1.54) is 0 Å². The zero-order chi connectivity index (χ0) is 15.7.